The summed E-state index contributed by atoms with van der Waals surface area (Å²) in [5, 5.41) is 7.12. The molecule has 1 heterocycles. The Balaban J connectivity index is 1.07. The van der Waals surface area contributed by atoms with Crippen LogP contribution < -0.4 is 0 Å². The zero-order valence-corrected chi connectivity index (χ0v) is 33.3. The van der Waals surface area contributed by atoms with Crippen molar-refractivity contribution in [1.82, 2.24) is 9.97 Å². The lowest BCUT2D eigenvalue weighted by Gasteiger charge is -2.34. The molecular weight excluding hydrogens is 737 g/mol. The molecule has 0 saturated heterocycles. The largest absolute Gasteiger partial charge is 0.228 e. The van der Waals surface area contributed by atoms with E-state index in [1.807, 2.05) is 6.07 Å². The van der Waals surface area contributed by atoms with Crippen molar-refractivity contribution < 1.29 is 0 Å². The monoisotopic (exact) mass is 774 g/mol. The number of hydrogen-bond acceptors (Lipinski definition) is 2. The van der Waals surface area contributed by atoms with Crippen LogP contribution in [0, 0.1) is 0 Å². The van der Waals surface area contributed by atoms with E-state index in [9.17, 15) is 0 Å². The number of hydrogen-bond donors (Lipinski definition) is 0. The Morgan fingerprint density at radius 3 is 1.54 bits per heavy atom. The molecule has 1 aliphatic carbocycles. The van der Waals surface area contributed by atoms with Crippen molar-refractivity contribution >= 4 is 32.3 Å². The number of aromatic nitrogens is 2. The van der Waals surface area contributed by atoms with E-state index in [4.69, 9.17) is 9.97 Å². The summed E-state index contributed by atoms with van der Waals surface area (Å²) in [6, 6.07) is 83.6. The topological polar surface area (TPSA) is 25.8 Å². The molecule has 1 aliphatic rings. The molecule has 0 radical (unpaired) electrons. The minimum absolute atomic E-state index is 0.482. The van der Waals surface area contributed by atoms with E-state index >= 15 is 0 Å². The molecule has 0 atom stereocenters. The van der Waals surface area contributed by atoms with E-state index in [1.54, 1.807) is 0 Å². The second kappa shape index (κ2) is 14.1. The van der Waals surface area contributed by atoms with Crippen LogP contribution in [0.15, 0.2) is 231 Å². The Hall–Kier alpha value is -7.94. The predicted octanol–water partition coefficient (Wildman–Crippen LogP) is 15.0. The minimum atomic E-state index is -0.482. The van der Waals surface area contributed by atoms with Crippen LogP contribution in [-0.4, -0.2) is 9.97 Å². The van der Waals surface area contributed by atoms with Gasteiger partial charge in [0.1, 0.15) is 0 Å². The molecule has 0 unspecified atom stereocenters. The molecule has 1 aromatic heterocycles. The molecule has 0 amide bonds. The highest BCUT2D eigenvalue weighted by Gasteiger charge is 2.46. The quantitative estimate of drug-likeness (QED) is 0.168. The Bertz CT molecular complexity index is 3420. The second-order valence-corrected chi connectivity index (χ2v) is 16.0. The Labute approximate surface area is 355 Å². The molecule has 284 valence electrons. The second-order valence-electron chi connectivity index (χ2n) is 16.0. The van der Waals surface area contributed by atoms with Gasteiger partial charge in [0.15, 0.2) is 5.82 Å². The fourth-order valence-electron chi connectivity index (χ4n) is 10.0. The van der Waals surface area contributed by atoms with Crippen molar-refractivity contribution in [2.45, 2.75) is 5.41 Å². The molecule has 0 N–H and O–H groups in total. The number of fused-ring (bicyclic) bond motifs is 6. The standard InChI is InChI=1S/C59H38N2/c1-4-18-40(19-5-1)56-38-57(50-30-16-22-39-17-12-13-27-46(39)50)61-58(60-56)51-33-32-47(48-28-14-15-29-49(48)51)43-31-34-54-52(36-43)53-35-41-20-10-11-21-42(41)37-55(53)59(54,44-23-6-2-7-24-44)45-25-8-3-9-26-45/h1-38H. The number of nitrogens with zero attached hydrogens (tertiary/aromatic N) is 2. The highest BCUT2D eigenvalue weighted by atomic mass is 14.9. The molecule has 10 aromatic carbocycles. The predicted molar refractivity (Wildman–Crippen MR) is 254 cm³/mol. The van der Waals surface area contributed by atoms with Gasteiger partial charge in [-0.1, -0.05) is 200 Å². The minimum Gasteiger partial charge on any atom is -0.228 e. The Kier molecular flexibility index (Phi) is 8.11. The van der Waals surface area contributed by atoms with Crippen LogP contribution in [0.1, 0.15) is 22.3 Å². The first kappa shape index (κ1) is 35.0. The van der Waals surface area contributed by atoms with Crippen LogP contribution in [0.4, 0.5) is 0 Å². The van der Waals surface area contributed by atoms with Gasteiger partial charge in [0, 0.05) is 16.7 Å². The van der Waals surface area contributed by atoms with E-state index in [2.05, 4.69) is 224 Å². The summed E-state index contributed by atoms with van der Waals surface area (Å²) < 4.78 is 0. The van der Waals surface area contributed by atoms with Crippen molar-refractivity contribution in [2.75, 3.05) is 0 Å². The van der Waals surface area contributed by atoms with Crippen molar-refractivity contribution in [3.8, 4) is 56.2 Å². The SMILES string of the molecule is c1ccc(-c2cc(-c3cccc4ccccc34)nc(-c3ccc(-c4ccc5c(c4)-c4cc6ccccc6cc4C5(c4ccccc4)c4ccccc4)c4ccccc34)n2)cc1. The third-order valence-corrected chi connectivity index (χ3v) is 12.8. The molecule has 2 nitrogen and oxygen atoms in total. The van der Waals surface area contributed by atoms with Crippen molar-refractivity contribution in [3.05, 3.63) is 253 Å². The van der Waals surface area contributed by atoms with Crippen molar-refractivity contribution in [1.29, 1.82) is 0 Å². The molecule has 0 fully saturated rings. The first-order chi connectivity index (χ1) is 30.2. The van der Waals surface area contributed by atoms with Gasteiger partial charge in [-0.15, -0.1) is 0 Å². The summed E-state index contributed by atoms with van der Waals surface area (Å²) in [7, 11) is 0. The van der Waals surface area contributed by atoms with Gasteiger partial charge in [-0.25, -0.2) is 9.97 Å². The van der Waals surface area contributed by atoms with Gasteiger partial charge in [-0.2, -0.15) is 0 Å². The van der Waals surface area contributed by atoms with Gasteiger partial charge in [-0.3, -0.25) is 0 Å². The summed E-state index contributed by atoms with van der Waals surface area (Å²) >= 11 is 0. The number of rotatable bonds is 6. The first-order valence-corrected chi connectivity index (χ1v) is 21.0. The normalized spacial score (nSPS) is 12.7. The highest BCUT2D eigenvalue weighted by Crippen LogP contribution is 2.57. The van der Waals surface area contributed by atoms with E-state index in [0.717, 1.165) is 38.9 Å². The fourth-order valence-corrected chi connectivity index (χ4v) is 10.0. The van der Waals surface area contributed by atoms with Gasteiger partial charge in [0.25, 0.3) is 0 Å². The first-order valence-electron chi connectivity index (χ1n) is 21.0. The summed E-state index contributed by atoms with van der Waals surface area (Å²) in [5.74, 6) is 0.706. The van der Waals surface area contributed by atoms with Crippen LogP contribution >= 0.6 is 0 Å². The van der Waals surface area contributed by atoms with E-state index < -0.39 is 5.41 Å². The average Bonchev–Trinajstić information content (AvgIpc) is 3.62. The lowest BCUT2D eigenvalue weighted by molar-refractivity contribution is 0.769. The van der Waals surface area contributed by atoms with Crippen LogP contribution in [0.3, 0.4) is 0 Å². The van der Waals surface area contributed by atoms with Gasteiger partial charge in [0.2, 0.25) is 0 Å². The molecule has 11 aromatic rings. The van der Waals surface area contributed by atoms with Crippen molar-refractivity contribution in [2.24, 2.45) is 0 Å². The maximum absolute atomic E-state index is 5.36. The molecule has 2 heteroatoms. The van der Waals surface area contributed by atoms with E-state index in [0.29, 0.717) is 5.82 Å². The van der Waals surface area contributed by atoms with Crippen molar-refractivity contribution in [3.63, 3.8) is 0 Å². The summed E-state index contributed by atoms with van der Waals surface area (Å²) in [4.78, 5) is 10.7. The van der Waals surface area contributed by atoms with Crippen LogP contribution in [0.25, 0.3) is 88.5 Å². The maximum atomic E-state index is 5.36. The van der Waals surface area contributed by atoms with Gasteiger partial charge in [0.05, 0.1) is 16.8 Å². The average molecular weight is 775 g/mol. The van der Waals surface area contributed by atoms with E-state index in [1.165, 1.54) is 66.1 Å². The summed E-state index contributed by atoms with van der Waals surface area (Å²) in [6.07, 6.45) is 0. The van der Waals surface area contributed by atoms with Crippen LogP contribution in [0.2, 0.25) is 0 Å². The molecular formula is C59H38N2. The molecule has 0 saturated carbocycles. The molecule has 0 aliphatic heterocycles. The maximum Gasteiger partial charge on any atom is 0.161 e. The Morgan fingerprint density at radius 1 is 0.279 bits per heavy atom. The smallest absolute Gasteiger partial charge is 0.161 e. The lowest BCUT2D eigenvalue weighted by Crippen LogP contribution is -2.28. The highest BCUT2D eigenvalue weighted by molar-refractivity contribution is 6.06. The lowest BCUT2D eigenvalue weighted by atomic mass is 9.67. The zero-order valence-electron chi connectivity index (χ0n) is 33.3. The van der Waals surface area contributed by atoms with Crippen LogP contribution in [0.5, 0.6) is 0 Å². The Morgan fingerprint density at radius 2 is 0.820 bits per heavy atom. The van der Waals surface area contributed by atoms with Gasteiger partial charge >= 0.3 is 0 Å². The molecule has 61 heavy (non-hydrogen) atoms. The zero-order chi connectivity index (χ0) is 40.3. The fraction of sp³-hybridized carbons (Fsp3) is 0.0169. The molecule has 0 spiro atoms. The van der Waals surface area contributed by atoms with Crippen LogP contribution in [-0.2, 0) is 5.41 Å². The summed E-state index contributed by atoms with van der Waals surface area (Å²) in [5.41, 5.74) is 14.5. The molecule has 0 bridgehead atoms. The number of benzene rings is 10. The van der Waals surface area contributed by atoms with Gasteiger partial charge in [-0.05, 0) is 107 Å². The molecule has 12 rings (SSSR count). The van der Waals surface area contributed by atoms with Gasteiger partial charge < -0.3 is 0 Å². The van der Waals surface area contributed by atoms with E-state index in [-0.39, 0.29) is 0 Å². The summed E-state index contributed by atoms with van der Waals surface area (Å²) in [6.45, 7) is 0. The third kappa shape index (κ3) is 5.57. The third-order valence-electron chi connectivity index (χ3n) is 12.8.